The molecule has 1 aromatic rings. The Morgan fingerprint density at radius 2 is 1.95 bits per heavy atom. The largest absolute Gasteiger partial charge is 0.453 e. The minimum Gasteiger partial charge on any atom is -0.358 e. The quantitative estimate of drug-likeness (QED) is 0.438. The molecule has 0 amide bonds. The molecule has 0 bridgehead atoms. The van der Waals surface area contributed by atoms with E-state index >= 15 is 0 Å². The Bertz CT molecular complexity index is 568. The van der Waals surface area contributed by atoms with Crippen LogP contribution in [0.15, 0.2) is 6.20 Å². The highest BCUT2D eigenvalue weighted by atomic mass is 19.4. The molecule has 0 aliphatic carbocycles. The highest BCUT2D eigenvalue weighted by Gasteiger charge is 2.56. The van der Waals surface area contributed by atoms with E-state index in [1.165, 1.54) is 0 Å². The summed E-state index contributed by atoms with van der Waals surface area (Å²) < 4.78 is 62.3. The van der Waals surface area contributed by atoms with Gasteiger partial charge >= 0.3 is 17.9 Å². The second-order valence-corrected chi connectivity index (χ2v) is 4.47. The molecular weight excluding hydrogens is 317 g/mol. The van der Waals surface area contributed by atoms with E-state index in [4.69, 9.17) is 0 Å². The van der Waals surface area contributed by atoms with Crippen molar-refractivity contribution in [2.24, 2.45) is 0 Å². The van der Waals surface area contributed by atoms with Crippen LogP contribution in [0.1, 0.15) is 25.6 Å². The Hall–Kier alpha value is -2.07. The summed E-state index contributed by atoms with van der Waals surface area (Å²) in [6.07, 6.45) is -7.34. The summed E-state index contributed by atoms with van der Waals surface area (Å²) >= 11 is 0. The van der Waals surface area contributed by atoms with Gasteiger partial charge in [-0.3, -0.25) is 4.79 Å². The molecular formula is C11H12F5N3O3. The molecule has 124 valence electrons. The molecule has 1 heterocycles. The summed E-state index contributed by atoms with van der Waals surface area (Å²) in [7, 11) is 0. The number of rotatable bonds is 7. The Labute approximate surface area is 121 Å². The molecule has 0 radical (unpaired) electrons. The van der Waals surface area contributed by atoms with Gasteiger partial charge in [-0.2, -0.15) is 22.0 Å². The third-order valence-electron chi connectivity index (χ3n) is 2.89. The van der Waals surface area contributed by atoms with E-state index in [0.29, 0.717) is 0 Å². The van der Waals surface area contributed by atoms with Crippen molar-refractivity contribution in [1.82, 2.24) is 9.55 Å². The molecule has 0 N–H and O–H groups in total. The fourth-order valence-corrected chi connectivity index (χ4v) is 1.70. The van der Waals surface area contributed by atoms with Crippen LogP contribution in [0.2, 0.25) is 0 Å². The number of imidazole rings is 1. The van der Waals surface area contributed by atoms with Gasteiger partial charge in [0.05, 0.1) is 0 Å². The van der Waals surface area contributed by atoms with E-state index in [0.717, 1.165) is 10.8 Å². The molecule has 0 fully saturated rings. The summed E-state index contributed by atoms with van der Waals surface area (Å²) in [5, 5.41) is 10.7. The number of hydrogen-bond donors (Lipinski definition) is 0. The SMILES string of the molecule is CCc1ncc([N+](=O)[O-])n1CC(=O)CCC(F)(F)C(F)(F)F. The predicted molar refractivity (Wildman–Crippen MR) is 63.5 cm³/mol. The van der Waals surface area contributed by atoms with E-state index in [-0.39, 0.29) is 12.2 Å². The maximum Gasteiger partial charge on any atom is 0.453 e. The Kier molecular flexibility index (Phi) is 5.20. The van der Waals surface area contributed by atoms with Crippen molar-refractivity contribution in [3.63, 3.8) is 0 Å². The average molecular weight is 329 g/mol. The topological polar surface area (TPSA) is 78.0 Å². The van der Waals surface area contributed by atoms with Gasteiger partial charge in [-0.05, 0) is 4.92 Å². The second-order valence-electron chi connectivity index (χ2n) is 4.47. The third-order valence-corrected chi connectivity index (χ3v) is 2.89. The van der Waals surface area contributed by atoms with Crippen molar-refractivity contribution in [3.8, 4) is 0 Å². The normalized spacial score (nSPS) is 12.5. The molecule has 0 aliphatic heterocycles. The Morgan fingerprint density at radius 3 is 2.41 bits per heavy atom. The molecule has 0 spiro atoms. The van der Waals surface area contributed by atoms with Gasteiger partial charge in [0.15, 0.2) is 18.2 Å². The van der Waals surface area contributed by atoms with Crippen LogP contribution >= 0.6 is 0 Å². The molecule has 0 aromatic carbocycles. The monoisotopic (exact) mass is 329 g/mol. The maximum absolute atomic E-state index is 12.7. The molecule has 11 heteroatoms. The van der Waals surface area contributed by atoms with Gasteiger partial charge in [0.2, 0.25) is 0 Å². The fourth-order valence-electron chi connectivity index (χ4n) is 1.70. The first kappa shape index (κ1) is 18.0. The van der Waals surface area contributed by atoms with E-state index < -0.39 is 48.0 Å². The first-order valence-corrected chi connectivity index (χ1v) is 6.14. The second kappa shape index (κ2) is 6.36. The number of nitro groups is 1. The molecule has 0 saturated carbocycles. The third kappa shape index (κ3) is 3.98. The minimum atomic E-state index is -5.73. The lowest BCUT2D eigenvalue weighted by atomic mass is 10.1. The lowest BCUT2D eigenvalue weighted by Crippen LogP contribution is -2.36. The van der Waals surface area contributed by atoms with Crippen molar-refractivity contribution in [2.75, 3.05) is 0 Å². The van der Waals surface area contributed by atoms with Crippen LogP contribution in [0.25, 0.3) is 0 Å². The number of halogens is 5. The lowest BCUT2D eigenvalue weighted by Gasteiger charge is -2.18. The smallest absolute Gasteiger partial charge is 0.358 e. The number of aryl methyl sites for hydroxylation is 1. The highest BCUT2D eigenvalue weighted by Crippen LogP contribution is 2.38. The van der Waals surface area contributed by atoms with E-state index in [9.17, 15) is 36.9 Å². The predicted octanol–water partition coefficient (Wildman–Crippen LogP) is 2.90. The number of carbonyl (C=O) groups is 1. The van der Waals surface area contributed by atoms with Crippen LogP contribution < -0.4 is 0 Å². The van der Waals surface area contributed by atoms with Crippen molar-refractivity contribution in [3.05, 3.63) is 22.1 Å². The summed E-state index contributed by atoms with van der Waals surface area (Å²) in [4.78, 5) is 25.2. The van der Waals surface area contributed by atoms with Crippen LogP contribution in [-0.2, 0) is 17.8 Å². The van der Waals surface area contributed by atoms with Gasteiger partial charge in [-0.25, -0.2) is 9.55 Å². The van der Waals surface area contributed by atoms with Crippen LogP contribution in [0.5, 0.6) is 0 Å². The zero-order valence-electron chi connectivity index (χ0n) is 11.4. The van der Waals surface area contributed by atoms with Crippen molar-refractivity contribution in [1.29, 1.82) is 0 Å². The maximum atomic E-state index is 12.7. The first-order valence-electron chi connectivity index (χ1n) is 6.14. The fraction of sp³-hybridized carbons (Fsp3) is 0.636. The standard InChI is InChI=1S/C11H12F5N3O3/c1-2-8-17-5-9(19(21)22)18(8)6-7(20)3-4-10(12,13)11(14,15)16/h5H,2-4,6H2,1H3. The van der Waals surface area contributed by atoms with Gasteiger partial charge in [0.25, 0.3) is 0 Å². The Balaban J connectivity index is 2.78. The molecule has 1 rings (SSSR count). The lowest BCUT2D eigenvalue weighted by molar-refractivity contribution is -0.392. The van der Waals surface area contributed by atoms with Gasteiger partial charge < -0.3 is 10.1 Å². The van der Waals surface area contributed by atoms with Crippen LogP contribution in [0.4, 0.5) is 27.8 Å². The Morgan fingerprint density at radius 1 is 1.36 bits per heavy atom. The van der Waals surface area contributed by atoms with Gasteiger partial charge in [-0.1, -0.05) is 6.92 Å². The first-order chi connectivity index (χ1) is 9.99. The number of alkyl halides is 5. The zero-order valence-corrected chi connectivity index (χ0v) is 11.4. The molecule has 1 aromatic heterocycles. The van der Waals surface area contributed by atoms with E-state index in [2.05, 4.69) is 4.98 Å². The molecule has 0 unspecified atom stereocenters. The van der Waals surface area contributed by atoms with Gasteiger partial charge in [-0.15, -0.1) is 0 Å². The highest BCUT2D eigenvalue weighted by molar-refractivity contribution is 5.78. The van der Waals surface area contributed by atoms with Crippen molar-refractivity contribution in [2.45, 2.75) is 44.8 Å². The summed E-state index contributed by atoms with van der Waals surface area (Å²) in [5.74, 6) is -6.30. The molecule has 0 saturated heterocycles. The van der Waals surface area contributed by atoms with Crippen molar-refractivity contribution >= 4 is 11.6 Å². The number of Topliss-reactive ketones (excluding diaryl/α,β-unsaturated/α-hetero) is 1. The zero-order chi connectivity index (χ0) is 17.1. The molecule has 22 heavy (non-hydrogen) atoms. The molecule has 0 aliphatic rings. The summed E-state index contributed by atoms with van der Waals surface area (Å²) in [6.45, 7) is 0.929. The number of carbonyl (C=O) groups excluding carboxylic acids is 1. The number of hydrogen-bond acceptors (Lipinski definition) is 4. The minimum absolute atomic E-state index is 0.169. The van der Waals surface area contributed by atoms with Gasteiger partial charge in [0.1, 0.15) is 6.20 Å². The van der Waals surface area contributed by atoms with Gasteiger partial charge in [0, 0.05) is 19.3 Å². The number of aromatic nitrogens is 2. The summed E-state index contributed by atoms with van der Waals surface area (Å²) in [6, 6.07) is 0. The van der Waals surface area contributed by atoms with E-state index in [1.54, 1.807) is 6.92 Å². The van der Waals surface area contributed by atoms with E-state index in [1.807, 2.05) is 0 Å². The van der Waals surface area contributed by atoms with Crippen LogP contribution in [0, 0.1) is 10.1 Å². The summed E-state index contributed by atoms with van der Waals surface area (Å²) in [5.41, 5.74) is 0. The number of nitrogens with zero attached hydrogens (tertiary/aromatic N) is 3. The van der Waals surface area contributed by atoms with Crippen LogP contribution in [0.3, 0.4) is 0 Å². The molecule has 0 atom stereocenters. The average Bonchev–Trinajstić information content (AvgIpc) is 2.78. The van der Waals surface area contributed by atoms with Crippen molar-refractivity contribution < 1.29 is 31.7 Å². The van der Waals surface area contributed by atoms with Crippen LogP contribution in [-0.4, -0.2) is 32.4 Å². The number of ketones is 1. The molecule has 6 nitrogen and oxygen atoms in total.